The summed E-state index contributed by atoms with van der Waals surface area (Å²) in [6.45, 7) is 5.28. The van der Waals surface area contributed by atoms with Crippen molar-refractivity contribution in [2.75, 3.05) is 14.2 Å². The Morgan fingerprint density at radius 1 is 1.25 bits per heavy atom. The molecule has 0 radical (unpaired) electrons. The minimum Gasteiger partial charge on any atom is -0.496 e. The van der Waals surface area contributed by atoms with E-state index in [9.17, 15) is 19.5 Å². The highest BCUT2D eigenvalue weighted by Crippen LogP contribution is 2.33. The minimum absolute atomic E-state index is 0.154. The van der Waals surface area contributed by atoms with Crippen LogP contribution in [0.4, 0.5) is 0 Å². The first-order valence-electron chi connectivity index (χ1n) is 8.93. The molecule has 0 aliphatic carbocycles. The normalized spacial score (nSPS) is 13.0. The Kier molecular flexibility index (Phi) is 6.66. The van der Waals surface area contributed by atoms with Crippen molar-refractivity contribution < 1.29 is 28.6 Å². The zero-order valence-electron chi connectivity index (χ0n) is 16.6. The molecule has 0 saturated carbocycles. The summed E-state index contributed by atoms with van der Waals surface area (Å²) in [7, 11) is 2.97. The average molecular weight is 391 g/mol. The van der Waals surface area contributed by atoms with E-state index in [4.69, 9.17) is 13.9 Å². The lowest BCUT2D eigenvalue weighted by molar-refractivity contribution is -0.143. The van der Waals surface area contributed by atoms with Crippen molar-refractivity contribution in [1.82, 2.24) is 5.32 Å². The summed E-state index contributed by atoms with van der Waals surface area (Å²) in [6, 6.07) is 2.20. The van der Waals surface area contributed by atoms with Gasteiger partial charge >= 0.3 is 11.6 Å². The Morgan fingerprint density at radius 3 is 2.46 bits per heavy atom. The lowest BCUT2D eigenvalue weighted by Crippen LogP contribution is -2.45. The zero-order chi connectivity index (χ0) is 21.0. The van der Waals surface area contributed by atoms with Crippen LogP contribution in [0.25, 0.3) is 11.0 Å². The molecule has 0 saturated heterocycles. The number of aliphatic carboxylic acids is 1. The first-order valence-corrected chi connectivity index (χ1v) is 8.93. The highest BCUT2D eigenvalue weighted by molar-refractivity contribution is 5.91. The second-order valence-corrected chi connectivity index (χ2v) is 6.64. The fourth-order valence-corrected chi connectivity index (χ4v) is 3.03. The zero-order valence-corrected chi connectivity index (χ0v) is 16.6. The van der Waals surface area contributed by atoms with E-state index in [2.05, 4.69) is 5.32 Å². The monoisotopic (exact) mass is 391 g/mol. The van der Waals surface area contributed by atoms with Crippen molar-refractivity contribution in [2.24, 2.45) is 5.92 Å². The van der Waals surface area contributed by atoms with Crippen molar-refractivity contribution in [3.05, 3.63) is 33.7 Å². The van der Waals surface area contributed by atoms with Gasteiger partial charge in [-0.15, -0.1) is 0 Å². The molecule has 1 amide bonds. The SMILES string of the molecule is CC[C@@H](C)[C@H](NC(=O)Cc1c(C)c2c(OC)cc(OC)cc2oc1=O)C(=O)O. The molecule has 1 aromatic heterocycles. The molecule has 0 fully saturated rings. The van der Waals surface area contributed by atoms with Crippen LogP contribution in [-0.2, 0) is 16.0 Å². The van der Waals surface area contributed by atoms with Gasteiger partial charge in [-0.3, -0.25) is 4.79 Å². The summed E-state index contributed by atoms with van der Waals surface area (Å²) < 4.78 is 15.9. The van der Waals surface area contributed by atoms with Crippen molar-refractivity contribution in [3.8, 4) is 11.5 Å². The maximum atomic E-state index is 12.5. The highest BCUT2D eigenvalue weighted by atomic mass is 16.5. The van der Waals surface area contributed by atoms with Gasteiger partial charge in [0.05, 0.1) is 31.6 Å². The fraction of sp³-hybridized carbons (Fsp3) is 0.450. The number of nitrogens with one attached hydrogen (secondary N) is 1. The van der Waals surface area contributed by atoms with E-state index in [1.807, 2.05) is 6.92 Å². The van der Waals surface area contributed by atoms with E-state index in [-0.39, 0.29) is 23.5 Å². The number of carbonyl (C=O) groups is 2. The summed E-state index contributed by atoms with van der Waals surface area (Å²) >= 11 is 0. The quantitative estimate of drug-likeness (QED) is 0.663. The number of rotatable bonds is 8. The summed E-state index contributed by atoms with van der Waals surface area (Å²) in [5.41, 5.74) is 0.315. The molecule has 0 bridgehead atoms. The largest absolute Gasteiger partial charge is 0.496 e. The second kappa shape index (κ2) is 8.77. The molecule has 0 unspecified atom stereocenters. The molecule has 2 aromatic rings. The molecule has 2 rings (SSSR count). The standard InChI is InChI=1S/C20H25NO7/c1-6-10(2)18(19(23)24)21-16(22)9-13-11(3)17-14(27-5)7-12(26-4)8-15(17)28-20(13)25/h7-8,10,18H,6,9H2,1-5H3,(H,21,22)(H,23,24)/t10-,18+/m1/s1. The van der Waals surface area contributed by atoms with Crippen molar-refractivity contribution in [1.29, 1.82) is 0 Å². The number of ether oxygens (including phenoxy) is 2. The number of benzene rings is 1. The minimum atomic E-state index is -1.11. The summed E-state index contributed by atoms with van der Waals surface area (Å²) in [5.74, 6) is -1.01. The number of carboxylic acids is 1. The van der Waals surface area contributed by atoms with E-state index in [1.54, 1.807) is 26.0 Å². The third kappa shape index (κ3) is 4.27. The molecule has 0 aliphatic heterocycles. The van der Waals surface area contributed by atoms with Gasteiger partial charge in [-0.25, -0.2) is 9.59 Å². The average Bonchev–Trinajstić information content (AvgIpc) is 2.67. The predicted octanol–water partition coefficient (Wildman–Crippen LogP) is 2.28. The van der Waals surface area contributed by atoms with Gasteiger partial charge in [0.25, 0.3) is 0 Å². The van der Waals surface area contributed by atoms with Gasteiger partial charge in [-0.05, 0) is 18.4 Å². The molecule has 8 heteroatoms. The molecule has 1 aromatic carbocycles. The van der Waals surface area contributed by atoms with Gasteiger partial charge in [-0.2, -0.15) is 0 Å². The Morgan fingerprint density at radius 2 is 1.93 bits per heavy atom. The first-order chi connectivity index (χ1) is 13.2. The highest BCUT2D eigenvalue weighted by Gasteiger charge is 2.26. The van der Waals surface area contributed by atoms with Gasteiger partial charge in [0.15, 0.2) is 0 Å². The molecular weight excluding hydrogens is 366 g/mol. The first kappa shape index (κ1) is 21.3. The van der Waals surface area contributed by atoms with Crippen LogP contribution in [0.5, 0.6) is 11.5 Å². The van der Waals surface area contributed by atoms with E-state index < -0.39 is 23.5 Å². The summed E-state index contributed by atoms with van der Waals surface area (Å²) in [5, 5.41) is 12.4. The lowest BCUT2D eigenvalue weighted by Gasteiger charge is -2.20. The molecule has 152 valence electrons. The van der Waals surface area contributed by atoms with E-state index in [1.165, 1.54) is 14.2 Å². The van der Waals surface area contributed by atoms with Gasteiger partial charge < -0.3 is 24.3 Å². The number of methoxy groups -OCH3 is 2. The Balaban J connectivity index is 2.43. The summed E-state index contributed by atoms with van der Waals surface area (Å²) in [6.07, 6.45) is 0.299. The predicted molar refractivity (Wildman–Crippen MR) is 103 cm³/mol. The number of amides is 1. The fourth-order valence-electron chi connectivity index (χ4n) is 3.03. The van der Waals surface area contributed by atoms with E-state index in [0.29, 0.717) is 28.9 Å². The third-order valence-corrected chi connectivity index (χ3v) is 4.90. The second-order valence-electron chi connectivity index (χ2n) is 6.64. The Hall–Kier alpha value is -3.03. The molecule has 8 nitrogen and oxygen atoms in total. The Labute approximate surface area is 162 Å². The van der Waals surface area contributed by atoms with Crippen LogP contribution >= 0.6 is 0 Å². The van der Waals surface area contributed by atoms with Crippen LogP contribution in [0.15, 0.2) is 21.3 Å². The maximum absolute atomic E-state index is 12.5. The number of carbonyl (C=O) groups excluding carboxylic acids is 1. The number of hydrogen-bond donors (Lipinski definition) is 2. The van der Waals surface area contributed by atoms with Crippen molar-refractivity contribution in [2.45, 2.75) is 39.7 Å². The van der Waals surface area contributed by atoms with Crippen molar-refractivity contribution >= 4 is 22.8 Å². The van der Waals surface area contributed by atoms with Crippen LogP contribution in [0.3, 0.4) is 0 Å². The van der Waals surface area contributed by atoms with Gasteiger partial charge in [0, 0.05) is 12.1 Å². The van der Waals surface area contributed by atoms with Crippen LogP contribution in [0.2, 0.25) is 0 Å². The number of fused-ring (bicyclic) bond motifs is 1. The molecular formula is C20H25NO7. The number of carboxylic acid groups (broad SMARTS) is 1. The van der Waals surface area contributed by atoms with Crippen LogP contribution < -0.4 is 20.4 Å². The molecule has 1 heterocycles. The lowest BCUT2D eigenvalue weighted by atomic mass is 9.98. The van der Waals surface area contributed by atoms with E-state index in [0.717, 1.165) is 0 Å². The smallest absolute Gasteiger partial charge is 0.340 e. The molecule has 0 aliphatic rings. The molecule has 28 heavy (non-hydrogen) atoms. The van der Waals surface area contributed by atoms with Gasteiger partial charge in [0.2, 0.25) is 5.91 Å². The summed E-state index contributed by atoms with van der Waals surface area (Å²) in [4.78, 5) is 36.3. The topological polar surface area (TPSA) is 115 Å². The molecule has 2 N–H and O–H groups in total. The van der Waals surface area contributed by atoms with Crippen LogP contribution in [0.1, 0.15) is 31.4 Å². The van der Waals surface area contributed by atoms with Crippen LogP contribution in [-0.4, -0.2) is 37.2 Å². The number of aryl methyl sites for hydroxylation is 1. The number of hydrogen-bond acceptors (Lipinski definition) is 6. The third-order valence-electron chi connectivity index (χ3n) is 4.90. The van der Waals surface area contributed by atoms with Gasteiger partial charge in [0.1, 0.15) is 23.1 Å². The van der Waals surface area contributed by atoms with E-state index >= 15 is 0 Å². The van der Waals surface area contributed by atoms with Gasteiger partial charge in [-0.1, -0.05) is 20.3 Å². The molecule has 0 spiro atoms. The Bertz CT molecular complexity index is 948. The van der Waals surface area contributed by atoms with Crippen LogP contribution in [0, 0.1) is 12.8 Å². The maximum Gasteiger partial charge on any atom is 0.340 e. The molecule has 2 atom stereocenters. The van der Waals surface area contributed by atoms with Crippen molar-refractivity contribution in [3.63, 3.8) is 0 Å².